The van der Waals surface area contributed by atoms with Crippen molar-refractivity contribution in [2.45, 2.75) is 33.2 Å². The molecule has 1 atom stereocenters. The zero-order valence-electron chi connectivity index (χ0n) is 15.8. The van der Waals surface area contributed by atoms with E-state index in [2.05, 4.69) is 24.5 Å². The fraction of sp³-hybridized carbons (Fsp3) is 0.273. The van der Waals surface area contributed by atoms with Crippen molar-refractivity contribution in [2.75, 3.05) is 5.32 Å². The molecular weight excluding hydrogens is 340 g/mol. The van der Waals surface area contributed by atoms with E-state index in [9.17, 15) is 9.59 Å². The third-order valence-electron chi connectivity index (χ3n) is 4.61. The second kappa shape index (κ2) is 8.08. The Balaban J connectivity index is 1.60. The highest BCUT2D eigenvalue weighted by Crippen LogP contribution is 2.20. The van der Waals surface area contributed by atoms with Crippen molar-refractivity contribution in [3.63, 3.8) is 0 Å². The lowest BCUT2D eigenvalue weighted by molar-refractivity contribution is -0.121. The molecule has 5 nitrogen and oxygen atoms in total. The van der Waals surface area contributed by atoms with E-state index in [0.717, 1.165) is 10.9 Å². The number of carbonyl (C=O) groups is 2. The fourth-order valence-electron chi connectivity index (χ4n) is 2.65. The van der Waals surface area contributed by atoms with Gasteiger partial charge in [-0.2, -0.15) is 0 Å². The van der Waals surface area contributed by atoms with Gasteiger partial charge in [-0.05, 0) is 42.7 Å². The molecule has 0 spiro atoms. The summed E-state index contributed by atoms with van der Waals surface area (Å²) in [5.41, 5.74) is 2.23. The summed E-state index contributed by atoms with van der Waals surface area (Å²) in [5.74, 6) is 0.352. The molecule has 2 aromatic carbocycles. The summed E-state index contributed by atoms with van der Waals surface area (Å²) in [6.45, 7) is 6.15. The molecule has 0 radical (unpaired) electrons. The molecule has 0 bridgehead atoms. The minimum atomic E-state index is -0.303. The Bertz CT molecular complexity index is 909. The van der Waals surface area contributed by atoms with Crippen molar-refractivity contribution in [3.05, 3.63) is 65.9 Å². The van der Waals surface area contributed by atoms with Gasteiger partial charge < -0.3 is 15.1 Å². The third kappa shape index (κ3) is 4.76. The van der Waals surface area contributed by atoms with Crippen LogP contribution in [0.15, 0.2) is 59.0 Å². The van der Waals surface area contributed by atoms with Crippen LogP contribution in [0, 0.1) is 5.92 Å². The van der Waals surface area contributed by atoms with E-state index in [0.29, 0.717) is 23.6 Å². The maximum Gasteiger partial charge on any atom is 0.291 e. The number of hydrogen-bond donors (Lipinski definition) is 2. The van der Waals surface area contributed by atoms with Crippen LogP contribution in [0.25, 0.3) is 11.0 Å². The lowest BCUT2D eigenvalue weighted by atomic mass is 10.1. The molecule has 2 N–H and O–H groups in total. The first-order valence-electron chi connectivity index (χ1n) is 9.10. The van der Waals surface area contributed by atoms with Gasteiger partial charge >= 0.3 is 0 Å². The molecular formula is C22H24N2O3. The van der Waals surface area contributed by atoms with E-state index in [4.69, 9.17) is 4.42 Å². The van der Waals surface area contributed by atoms with Crippen LogP contribution in [-0.2, 0) is 11.2 Å². The molecule has 5 heteroatoms. The summed E-state index contributed by atoms with van der Waals surface area (Å²) >= 11 is 0. The molecule has 0 saturated heterocycles. The minimum absolute atomic E-state index is 0.00439. The molecule has 0 aliphatic carbocycles. The molecule has 1 heterocycles. The van der Waals surface area contributed by atoms with Crippen LogP contribution in [0.2, 0.25) is 0 Å². The van der Waals surface area contributed by atoms with Crippen molar-refractivity contribution in [1.29, 1.82) is 0 Å². The van der Waals surface area contributed by atoms with Gasteiger partial charge in [0.05, 0.1) is 6.42 Å². The van der Waals surface area contributed by atoms with E-state index in [-0.39, 0.29) is 23.6 Å². The van der Waals surface area contributed by atoms with Crippen molar-refractivity contribution < 1.29 is 14.0 Å². The van der Waals surface area contributed by atoms with Gasteiger partial charge in [0.1, 0.15) is 5.58 Å². The second-order valence-electron chi connectivity index (χ2n) is 7.08. The smallest absolute Gasteiger partial charge is 0.291 e. The zero-order valence-corrected chi connectivity index (χ0v) is 15.8. The van der Waals surface area contributed by atoms with Crippen molar-refractivity contribution >= 4 is 28.5 Å². The third-order valence-corrected chi connectivity index (χ3v) is 4.61. The first-order valence-corrected chi connectivity index (χ1v) is 9.10. The Morgan fingerprint density at radius 3 is 2.37 bits per heavy atom. The average Bonchev–Trinajstić information content (AvgIpc) is 3.07. The van der Waals surface area contributed by atoms with Gasteiger partial charge in [-0.25, -0.2) is 0 Å². The topological polar surface area (TPSA) is 71.3 Å². The Labute approximate surface area is 158 Å². The number of rotatable bonds is 6. The number of carbonyl (C=O) groups excluding carboxylic acids is 2. The summed E-state index contributed by atoms with van der Waals surface area (Å²) in [7, 11) is 0. The maximum atomic E-state index is 12.4. The summed E-state index contributed by atoms with van der Waals surface area (Å²) in [5, 5.41) is 6.69. The lowest BCUT2D eigenvalue weighted by Crippen LogP contribution is -2.37. The normalized spacial score (nSPS) is 12.1. The number of anilines is 1. The van der Waals surface area contributed by atoms with Gasteiger partial charge in [-0.15, -0.1) is 0 Å². The van der Waals surface area contributed by atoms with Crippen LogP contribution in [-0.4, -0.2) is 17.9 Å². The van der Waals surface area contributed by atoms with E-state index < -0.39 is 0 Å². The van der Waals surface area contributed by atoms with Gasteiger partial charge in [-0.3, -0.25) is 9.59 Å². The molecule has 3 rings (SSSR count). The van der Waals surface area contributed by atoms with Gasteiger partial charge in [0.15, 0.2) is 5.76 Å². The monoisotopic (exact) mass is 364 g/mol. The standard InChI is InChI=1S/C22H24N2O3/c1-14(2)15(3)23-21(25)12-16-8-10-18(11-9-16)24-22(26)20-13-17-6-4-5-7-19(17)27-20/h4-11,13-15H,12H2,1-3H3,(H,23,25)(H,24,26). The molecule has 0 saturated carbocycles. The maximum absolute atomic E-state index is 12.4. The molecule has 0 aliphatic heterocycles. The number of nitrogens with one attached hydrogen (secondary N) is 2. The Morgan fingerprint density at radius 1 is 1.00 bits per heavy atom. The number of furan rings is 1. The summed E-state index contributed by atoms with van der Waals surface area (Å²) < 4.78 is 5.57. The highest BCUT2D eigenvalue weighted by Gasteiger charge is 2.13. The Kier molecular flexibility index (Phi) is 5.60. The molecule has 3 aromatic rings. The first kappa shape index (κ1) is 18.7. The van der Waals surface area contributed by atoms with Gasteiger partial charge in [0, 0.05) is 17.1 Å². The molecule has 140 valence electrons. The van der Waals surface area contributed by atoms with Gasteiger partial charge in [0.25, 0.3) is 5.91 Å². The predicted molar refractivity (Wildman–Crippen MR) is 107 cm³/mol. The van der Waals surface area contributed by atoms with Crippen molar-refractivity contribution in [2.24, 2.45) is 5.92 Å². The number of para-hydroxylation sites is 1. The average molecular weight is 364 g/mol. The number of fused-ring (bicyclic) bond motifs is 1. The van der Waals surface area contributed by atoms with E-state index in [1.165, 1.54) is 0 Å². The first-order chi connectivity index (χ1) is 12.9. The lowest BCUT2D eigenvalue weighted by Gasteiger charge is -2.17. The summed E-state index contributed by atoms with van der Waals surface area (Å²) in [4.78, 5) is 24.4. The molecule has 27 heavy (non-hydrogen) atoms. The van der Waals surface area contributed by atoms with E-state index in [1.807, 2.05) is 43.3 Å². The Morgan fingerprint density at radius 2 is 1.70 bits per heavy atom. The second-order valence-corrected chi connectivity index (χ2v) is 7.08. The largest absolute Gasteiger partial charge is 0.451 e. The molecule has 1 unspecified atom stereocenters. The van der Waals surface area contributed by atoms with Crippen LogP contribution >= 0.6 is 0 Å². The molecule has 2 amide bonds. The summed E-state index contributed by atoms with van der Waals surface area (Å²) in [6.07, 6.45) is 0.314. The number of amides is 2. The minimum Gasteiger partial charge on any atom is -0.451 e. The van der Waals surface area contributed by atoms with Crippen molar-refractivity contribution in [1.82, 2.24) is 5.32 Å². The molecule has 0 aliphatic rings. The highest BCUT2D eigenvalue weighted by molar-refractivity contribution is 6.04. The number of hydrogen-bond acceptors (Lipinski definition) is 3. The van der Waals surface area contributed by atoms with Crippen LogP contribution in [0.1, 0.15) is 36.9 Å². The van der Waals surface area contributed by atoms with Crippen LogP contribution < -0.4 is 10.6 Å². The zero-order chi connectivity index (χ0) is 19.4. The van der Waals surface area contributed by atoms with Crippen LogP contribution in [0.5, 0.6) is 0 Å². The highest BCUT2D eigenvalue weighted by atomic mass is 16.3. The molecule has 0 fully saturated rings. The predicted octanol–water partition coefficient (Wildman–Crippen LogP) is 4.39. The van der Waals surface area contributed by atoms with Crippen LogP contribution in [0.4, 0.5) is 5.69 Å². The SMILES string of the molecule is CC(C)C(C)NC(=O)Cc1ccc(NC(=O)c2cc3ccccc3o2)cc1. The summed E-state index contributed by atoms with van der Waals surface area (Å²) in [6, 6.07) is 16.6. The van der Waals surface area contributed by atoms with E-state index >= 15 is 0 Å². The van der Waals surface area contributed by atoms with Gasteiger partial charge in [0.2, 0.25) is 5.91 Å². The van der Waals surface area contributed by atoms with Crippen molar-refractivity contribution in [3.8, 4) is 0 Å². The quantitative estimate of drug-likeness (QED) is 0.681. The van der Waals surface area contributed by atoms with E-state index in [1.54, 1.807) is 18.2 Å². The van der Waals surface area contributed by atoms with Gasteiger partial charge in [-0.1, -0.05) is 44.2 Å². The molecule has 1 aromatic heterocycles. The fourth-order valence-corrected chi connectivity index (χ4v) is 2.65. The Hall–Kier alpha value is -3.08. The number of benzene rings is 2. The van der Waals surface area contributed by atoms with Crippen LogP contribution in [0.3, 0.4) is 0 Å².